The van der Waals surface area contributed by atoms with E-state index in [4.69, 9.17) is 25.5 Å². The molecule has 0 aliphatic carbocycles. The molecule has 0 spiro atoms. The molecule has 0 bridgehead atoms. The second kappa shape index (κ2) is 5.20. The van der Waals surface area contributed by atoms with Crippen LogP contribution in [0.1, 0.15) is 0 Å². The molecule has 0 aromatic carbocycles. The number of hydrogen-bond acceptors (Lipinski definition) is 6. The predicted molar refractivity (Wildman–Crippen MR) is 37.2 cm³/mol. The van der Waals surface area contributed by atoms with E-state index in [2.05, 4.69) is 0 Å². The molecule has 0 radical (unpaired) electrons. The minimum Gasteiger partial charge on any atom is -0.387 e. The highest BCUT2D eigenvalue weighted by Crippen LogP contribution is 2.07. The molecule has 0 saturated carbocycles. The summed E-state index contributed by atoms with van der Waals surface area (Å²) in [5.74, 6) is 0. The lowest BCUT2D eigenvalue weighted by Crippen LogP contribution is -2.48. The van der Waals surface area contributed by atoms with Crippen LogP contribution in [0.5, 0.6) is 0 Å². The Balaban J connectivity index is 4.23. The van der Waals surface area contributed by atoms with Gasteiger partial charge in [-0.15, -0.1) is 0 Å². The van der Waals surface area contributed by atoms with Crippen LogP contribution >= 0.6 is 0 Å². The first-order valence-electron chi connectivity index (χ1n) is 3.41. The molecule has 0 amide bonds. The van der Waals surface area contributed by atoms with Crippen LogP contribution in [0.15, 0.2) is 0 Å². The summed E-state index contributed by atoms with van der Waals surface area (Å²) >= 11 is 0. The van der Waals surface area contributed by atoms with Gasteiger partial charge in [-0.05, 0) is 0 Å². The lowest BCUT2D eigenvalue weighted by Gasteiger charge is -2.23. The van der Waals surface area contributed by atoms with Crippen molar-refractivity contribution in [1.82, 2.24) is 0 Å². The predicted octanol–water partition coefficient (Wildman–Crippen LogP) is -3.08. The first-order valence-corrected chi connectivity index (χ1v) is 3.41. The lowest BCUT2D eigenvalue weighted by atomic mass is 10.0. The summed E-state index contributed by atoms with van der Waals surface area (Å²) in [5.41, 5.74) is 0. The van der Waals surface area contributed by atoms with Crippen molar-refractivity contribution in [2.75, 3.05) is 0 Å². The van der Waals surface area contributed by atoms with Gasteiger partial charge in [0.2, 0.25) is 6.36 Å². The van der Waals surface area contributed by atoms with E-state index in [1.54, 1.807) is 0 Å². The molecule has 0 heterocycles. The second-order valence-electron chi connectivity index (χ2n) is 2.47. The molecule has 78 valence electrons. The largest absolute Gasteiger partial charge is 0.387 e. The molecule has 6 nitrogen and oxygen atoms in total. The molecule has 0 aliphatic rings. The van der Waals surface area contributed by atoms with Crippen molar-refractivity contribution in [3.8, 4) is 0 Å². The van der Waals surface area contributed by atoms with Crippen molar-refractivity contribution >= 4 is 6.29 Å². The standard InChI is InChI=1S/C6H11FO6/c7-6(13)5(12)4(11)3(10)2(9)1-8/h1-6,9-13H/t2-,3+,4-,5-,6-/m0/s1. The molecule has 0 aromatic rings. The maximum atomic E-state index is 11.9. The summed E-state index contributed by atoms with van der Waals surface area (Å²) in [6, 6.07) is 0. The van der Waals surface area contributed by atoms with Crippen molar-refractivity contribution in [2.45, 2.75) is 30.8 Å². The van der Waals surface area contributed by atoms with Crippen LogP contribution in [0.25, 0.3) is 0 Å². The number of aliphatic hydroxyl groups is 5. The van der Waals surface area contributed by atoms with Crippen LogP contribution in [-0.4, -0.2) is 62.6 Å². The van der Waals surface area contributed by atoms with Gasteiger partial charge in [-0.2, -0.15) is 0 Å². The third-order valence-electron chi connectivity index (χ3n) is 1.47. The Morgan fingerprint density at radius 1 is 0.923 bits per heavy atom. The molecule has 7 heteroatoms. The Morgan fingerprint density at radius 3 is 1.69 bits per heavy atom. The van der Waals surface area contributed by atoms with Crippen LogP contribution < -0.4 is 0 Å². The average molecular weight is 198 g/mol. The molecule has 13 heavy (non-hydrogen) atoms. The molecule has 5 atom stereocenters. The molecule has 0 saturated heterocycles. The van der Waals surface area contributed by atoms with Crippen molar-refractivity contribution in [2.24, 2.45) is 0 Å². The zero-order chi connectivity index (χ0) is 10.6. The zero-order valence-electron chi connectivity index (χ0n) is 6.49. The molecule has 5 N–H and O–H groups in total. The smallest absolute Gasteiger partial charge is 0.225 e. The average Bonchev–Trinajstić information content (AvgIpc) is 2.12. The summed E-state index contributed by atoms with van der Waals surface area (Å²) in [4.78, 5) is 9.88. The molecule has 0 aliphatic heterocycles. The Morgan fingerprint density at radius 2 is 1.38 bits per heavy atom. The Hall–Kier alpha value is -0.600. The number of aliphatic hydroxyl groups excluding tert-OH is 5. The monoisotopic (exact) mass is 198 g/mol. The molecule has 0 unspecified atom stereocenters. The van der Waals surface area contributed by atoms with Crippen molar-refractivity contribution in [3.63, 3.8) is 0 Å². The minimum atomic E-state index is -2.76. The van der Waals surface area contributed by atoms with Crippen LogP contribution in [0, 0.1) is 0 Å². The third kappa shape index (κ3) is 3.33. The summed E-state index contributed by atoms with van der Waals surface area (Å²) in [5, 5.41) is 43.1. The fraction of sp³-hybridized carbons (Fsp3) is 0.833. The molecule has 0 aromatic heterocycles. The molecule has 0 fully saturated rings. The van der Waals surface area contributed by atoms with Crippen LogP contribution in [0.4, 0.5) is 4.39 Å². The van der Waals surface area contributed by atoms with Gasteiger partial charge in [-0.3, -0.25) is 0 Å². The fourth-order valence-electron chi connectivity index (χ4n) is 0.647. The summed E-state index contributed by atoms with van der Waals surface area (Å²) < 4.78 is 11.9. The number of carbonyl (C=O) groups is 1. The number of carbonyl (C=O) groups excluding carboxylic acids is 1. The van der Waals surface area contributed by atoms with E-state index >= 15 is 0 Å². The SMILES string of the molecule is O=C[C@H](O)[C@@H](O)[C@H](O)[C@H](O)[C@H](O)F. The van der Waals surface area contributed by atoms with Crippen LogP contribution in [-0.2, 0) is 4.79 Å². The van der Waals surface area contributed by atoms with Crippen molar-refractivity contribution in [3.05, 3.63) is 0 Å². The Kier molecular flexibility index (Phi) is 4.96. The van der Waals surface area contributed by atoms with Gasteiger partial charge >= 0.3 is 0 Å². The van der Waals surface area contributed by atoms with Crippen LogP contribution in [0.2, 0.25) is 0 Å². The second-order valence-corrected chi connectivity index (χ2v) is 2.47. The number of alkyl halides is 1. The third-order valence-corrected chi connectivity index (χ3v) is 1.47. The Labute approximate surface area is 72.9 Å². The van der Waals surface area contributed by atoms with Gasteiger partial charge in [-0.25, -0.2) is 4.39 Å². The highest BCUT2D eigenvalue weighted by molar-refractivity contribution is 5.56. The maximum Gasteiger partial charge on any atom is 0.225 e. The van der Waals surface area contributed by atoms with Gasteiger partial charge < -0.3 is 30.3 Å². The number of halogens is 1. The Bertz CT molecular complexity index is 163. The quantitative estimate of drug-likeness (QED) is 0.299. The van der Waals surface area contributed by atoms with E-state index in [1.807, 2.05) is 0 Å². The van der Waals surface area contributed by atoms with Gasteiger partial charge in [0.05, 0.1) is 0 Å². The van der Waals surface area contributed by atoms with Gasteiger partial charge in [-0.1, -0.05) is 0 Å². The number of aldehydes is 1. The maximum absolute atomic E-state index is 11.9. The summed E-state index contributed by atoms with van der Waals surface area (Å²) in [6.07, 6.45) is -11.2. The molecular formula is C6H11FO6. The van der Waals surface area contributed by atoms with Gasteiger partial charge in [0.25, 0.3) is 0 Å². The first kappa shape index (κ1) is 12.4. The highest BCUT2D eigenvalue weighted by Gasteiger charge is 2.34. The van der Waals surface area contributed by atoms with Crippen molar-refractivity contribution in [1.29, 1.82) is 0 Å². The summed E-state index contributed by atoms with van der Waals surface area (Å²) in [7, 11) is 0. The molecular weight excluding hydrogens is 187 g/mol. The van der Waals surface area contributed by atoms with Gasteiger partial charge in [0, 0.05) is 0 Å². The van der Waals surface area contributed by atoms with E-state index < -0.39 is 30.8 Å². The fourth-order valence-corrected chi connectivity index (χ4v) is 0.647. The van der Waals surface area contributed by atoms with Gasteiger partial charge in [0.15, 0.2) is 6.29 Å². The highest BCUT2D eigenvalue weighted by atomic mass is 19.1. The normalized spacial score (nSPS) is 22.9. The zero-order valence-corrected chi connectivity index (χ0v) is 6.49. The summed E-state index contributed by atoms with van der Waals surface area (Å²) in [6.45, 7) is 0. The van der Waals surface area contributed by atoms with E-state index in [9.17, 15) is 9.18 Å². The lowest BCUT2D eigenvalue weighted by molar-refractivity contribution is -0.163. The molecule has 0 rings (SSSR count). The van der Waals surface area contributed by atoms with E-state index in [-0.39, 0.29) is 6.29 Å². The van der Waals surface area contributed by atoms with E-state index in [1.165, 1.54) is 0 Å². The number of hydrogen-bond donors (Lipinski definition) is 5. The van der Waals surface area contributed by atoms with Crippen molar-refractivity contribution < 1.29 is 34.7 Å². The van der Waals surface area contributed by atoms with Gasteiger partial charge in [0.1, 0.15) is 24.4 Å². The van der Waals surface area contributed by atoms with E-state index in [0.29, 0.717) is 0 Å². The number of rotatable bonds is 5. The first-order chi connectivity index (χ1) is 5.91. The topological polar surface area (TPSA) is 118 Å². The van der Waals surface area contributed by atoms with E-state index in [0.717, 1.165) is 0 Å². The van der Waals surface area contributed by atoms with Crippen LogP contribution in [0.3, 0.4) is 0 Å². The minimum absolute atomic E-state index is 0.0920.